The van der Waals surface area contributed by atoms with Crippen LogP contribution in [0.5, 0.6) is 0 Å². The van der Waals surface area contributed by atoms with Gasteiger partial charge in [-0.15, -0.1) is 0 Å². The highest BCUT2D eigenvalue weighted by Gasteiger charge is 2.23. The van der Waals surface area contributed by atoms with E-state index in [1.54, 1.807) is 43.3 Å². The van der Waals surface area contributed by atoms with Crippen molar-refractivity contribution in [2.45, 2.75) is 25.3 Å². The van der Waals surface area contributed by atoms with Crippen LogP contribution in [0.1, 0.15) is 24.2 Å². The number of anilines is 1. The van der Waals surface area contributed by atoms with Gasteiger partial charge in [-0.1, -0.05) is 52.7 Å². The van der Waals surface area contributed by atoms with Crippen LogP contribution in [0.2, 0.25) is 10.0 Å². The number of carbonyl (C=O) groups is 1. The van der Waals surface area contributed by atoms with Crippen molar-refractivity contribution in [2.75, 3.05) is 10.8 Å². The van der Waals surface area contributed by atoms with Crippen LogP contribution < -0.4 is 9.11 Å². The lowest BCUT2D eigenvalue weighted by atomic mass is 10.2. The number of nitrogens with zero attached hydrogens (tertiary/aromatic N) is 3. The first-order valence-corrected chi connectivity index (χ1v) is 13.5. The van der Waals surface area contributed by atoms with Crippen molar-refractivity contribution >= 4 is 66.4 Å². The van der Waals surface area contributed by atoms with Gasteiger partial charge in [0.15, 0.2) is 4.80 Å². The van der Waals surface area contributed by atoms with Gasteiger partial charge >= 0.3 is 0 Å². The van der Waals surface area contributed by atoms with Gasteiger partial charge in [-0.25, -0.2) is 8.42 Å². The van der Waals surface area contributed by atoms with Gasteiger partial charge in [-0.2, -0.15) is 4.99 Å². The number of hydrogen-bond donors (Lipinski definition) is 0. The minimum atomic E-state index is -3.78. The number of fused-ring (bicyclic) bond motifs is 1. The first-order chi connectivity index (χ1) is 16.3. The Labute approximate surface area is 211 Å². The molecule has 0 aliphatic carbocycles. The van der Waals surface area contributed by atoms with Crippen molar-refractivity contribution < 1.29 is 13.2 Å². The second-order valence-corrected chi connectivity index (χ2v) is 10.9. The van der Waals surface area contributed by atoms with Crippen LogP contribution in [-0.4, -0.2) is 25.4 Å². The first kappa shape index (κ1) is 24.5. The molecule has 10 heteroatoms. The van der Waals surface area contributed by atoms with Crippen LogP contribution in [-0.2, 0) is 16.6 Å². The Kier molecular flexibility index (Phi) is 7.14. The van der Waals surface area contributed by atoms with Crippen molar-refractivity contribution in [3.8, 4) is 0 Å². The smallest absolute Gasteiger partial charge is 0.279 e. The van der Waals surface area contributed by atoms with Gasteiger partial charge in [-0.3, -0.25) is 9.10 Å². The predicted molar refractivity (Wildman–Crippen MR) is 138 cm³/mol. The van der Waals surface area contributed by atoms with E-state index in [9.17, 15) is 13.2 Å². The third-order valence-corrected chi connectivity index (χ3v) is 9.02. The van der Waals surface area contributed by atoms with Crippen LogP contribution in [0.15, 0.2) is 76.6 Å². The highest BCUT2D eigenvalue weighted by Crippen LogP contribution is 2.32. The molecule has 0 spiro atoms. The molecule has 0 N–H and O–H groups in total. The molecule has 0 unspecified atom stereocenters. The average molecular weight is 534 g/mol. The Morgan fingerprint density at radius 1 is 0.971 bits per heavy atom. The fourth-order valence-corrected chi connectivity index (χ4v) is 6.80. The number of halogens is 2. The molecule has 0 saturated heterocycles. The molecule has 0 bridgehead atoms. The third kappa shape index (κ3) is 4.51. The zero-order valence-corrected chi connectivity index (χ0v) is 21.5. The quantitative estimate of drug-likeness (QED) is 0.305. The van der Waals surface area contributed by atoms with E-state index in [1.807, 2.05) is 17.6 Å². The molecule has 1 aromatic heterocycles. The highest BCUT2D eigenvalue weighted by atomic mass is 35.5. The number of carbonyl (C=O) groups excluding carboxylic acids is 1. The maximum atomic E-state index is 13.2. The van der Waals surface area contributed by atoms with Gasteiger partial charge in [-0.05, 0) is 62.4 Å². The molecule has 0 aliphatic rings. The van der Waals surface area contributed by atoms with E-state index in [2.05, 4.69) is 4.99 Å². The lowest BCUT2D eigenvalue weighted by Gasteiger charge is -2.22. The zero-order chi connectivity index (χ0) is 24.5. The lowest BCUT2D eigenvalue weighted by molar-refractivity contribution is 0.0997. The Hall–Kier alpha value is -2.65. The molecule has 1 heterocycles. The van der Waals surface area contributed by atoms with Crippen LogP contribution in [0, 0.1) is 0 Å². The van der Waals surface area contributed by atoms with E-state index in [0.29, 0.717) is 27.1 Å². The van der Waals surface area contributed by atoms with Crippen molar-refractivity contribution in [1.82, 2.24) is 4.57 Å². The molecule has 6 nitrogen and oxygen atoms in total. The van der Waals surface area contributed by atoms with Crippen molar-refractivity contribution in [1.29, 1.82) is 0 Å². The van der Waals surface area contributed by atoms with Crippen molar-refractivity contribution in [3.05, 3.63) is 87.1 Å². The number of aryl methyl sites for hydroxylation is 1. The number of rotatable bonds is 6. The predicted octanol–water partition coefficient (Wildman–Crippen LogP) is 5.99. The molecule has 0 fully saturated rings. The van der Waals surface area contributed by atoms with Gasteiger partial charge in [0.1, 0.15) is 0 Å². The minimum absolute atomic E-state index is 0.0961. The van der Waals surface area contributed by atoms with E-state index < -0.39 is 15.9 Å². The molecule has 0 aliphatic heterocycles. The van der Waals surface area contributed by atoms with E-state index in [-0.39, 0.29) is 17.0 Å². The van der Waals surface area contributed by atoms with Crippen LogP contribution in [0.25, 0.3) is 10.2 Å². The maximum absolute atomic E-state index is 13.2. The molecule has 176 valence electrons. The average Bonchev–Trinajstić information content (AvgIpc) is 3.22. The third-order valence-electron chi connectivity index (χ3n) is 5.26. The van der Waals surface area contributed by atoms with Gasteiger partial charge in [0.2, 0.25) is 0 Å². The fraction of sp³-hybridized carbons (Fsp3) is 0.167. The highest BCUT2D eigenvalue weighted by molar-refractivity contribution is 7.92. The molecule has 4 aromatic rings. The van der Waals surface area contributed by atoms with Gasteiger partial charge in [0.25, 0.3) is 15.9 Å². The molecule has 0 radical (unpaired) electrons. The Morgan fingerprint density at radius 2 is 1.62 bits per heavy atom. The molecule has 0 saturated carbocycles. The molecule has 0 atom stereocenters. The molecular weight excluding hydrogens is 513 g/mol. The number of thiazole rings is 1. The summed E-state index contributed by atoms with van der Waals surface area (Å²) in [6, 6.07) is 18.1. The van der Waals surface area contributed by atoms with Gasteiger partial charge < -0.3 is 4.57 Å². The van der Waals surface area contributed by atoms with E-state index >= 15 is 0 Å². The number of amides is 1. The molecule has 3 aromatic carbocycles. The summed E-state index contributed by atoms with van der Waals surface area (Å²) in [7, 11) is -3.78. The summed E-state index contributed by atoms with van der Waals surface area (Å²) in [5.41, 5.74) is 1.58. The number of para-hydroxylation sites is 1. The number of benzene rings is 3. The molecular formula is C24H21Cl2N3O3S2. The summed E-state index contributed by atoms with van der Waals surface area (Å²) < 4.78 is 30.3. The monoisotopic (exact) mass is 533 g/mol. The van der Waals surface area contributed by atoms with Crippen molar-refractivity contribution in [3.63, 3.8) is 0 Å². The van der Waals surface area contributed by atoms with E-state index in [4.69, 9.17) is 23.2 Å². The number of sulfonamides is 1. The summed E-state index contributed by atoms with van der Waals surface area (Å²) >= 11 is 14.0. The van der Waals surface area contributed by atoms with Crippen LogP contribution in [0.3, 0.4) is 0 Å². The number of hydrogen-bond acceptors (Lipinski definition) is 4. The number of aromatic nitrogens is 1. The van der Waals surface area contributed by atoms with Crippen LogP contribution in [0.4, 0.5) is 5.69 Å². The minimum Gasteiger partial charge on any atom is -0.315 e. The Morgan fingerprint density at radius 3 is 2.24 bits per heavy atom. The second-order valence-electron chi connectivity index (χ2n) is 7.28. The maximum Gasteiger partial charge on any atom is 0.279 e. The summed E-state index contributed by atoms with van der Waals surface area (Å²) in [6.45, 7) is 4.53. The summed E-state index contributed by atoms with van der Waals surface area (Å²) in [5, 5.41) is 1.06. The van der Waals surface area contributed by atoms with E-state index in [0.717, 1.165) is 10.2 Å². The summed E-state index contributed by atoms with van der Waals surface area (Å²) in [4.78, 5) is 17.7. The van der Waals surface area contributed by atoms with Gasteiger partial charge in [0, 0.05) is 18.7 Å². The van der Waals surface area contributed by atoms with E-state index in [1.165, 1.54) is 39.9 Å². The topological polar surface area (TPSA) is 71.7 Å². The first-order valence-electron chi connectivity index (χ1n) is 10.5. The molecule has 1 amide bonds. The lowest BCUT2D eigenvalue weighted by Crippen LogP contribution is -2.30. The molecule has 4 rings (SSSR count). The largest absolute Gasteiger partial charge is 0.315 e. The summed E-state index contributed by atoms with van der Waals surface area (Å²) in [5.74, 6) is -0.486. The standard InChI is InChI=1S/C24H21Cl2N3O3S2/c1-3-28-21-19(25)14-15-20(26)22(21)33-24(28)27-23(30)16-10-12-18(13-11-16)34(31,32)29(4-2)17-8-6-5-7-9-17/h5-15H,3-4H2,1-2H3. The Bertz CT molecular complexity index is 1530. The normalized spacial score (nSPS) is 12.3. The fourth-order valence-electron chi connectivity index (χ4n) is 3.62. The van der Waals surface area contributed by atoms with Gasteiger partial charge in [0.05, 0.1) is 30.8 Å². The molecule has 34 heavy (non-hydrogen) atoms. The SMILES string of the molecule is CCN(c1ccccc1)S(=O)(=O)c1ccc(C(=O)N=c2sc3c(Cl)ccc(Cl)c3n2CC)cc1. The Balaban J connectivity index is 1.69. The second kappa shape index (κ2) is 9.92. The zero-order valence-electron chi connectivity index (χ0n) is 18.4. The van der Waals surface area contributed by atoms with Crippen LogP contribution >= 0.6 is 34.5 Å². The van der Waals surface area contributed by atoms with Crippen molar-refractivity contribution in [2.24, 2.45) is 4.99 Å². The summed E-state index contributed by atoms with van der Waals surface area (Å²) in [6.07, 6.45) is 0.